The fourth-order valence-corrected chi connectivity index (χ4v) is 0.909. The lowest BCUT2D eigenvalue weighted by Gasteiger charge is -2.12. The second-order valence-corrected chi connectivity index (χ2v) is 2.51. The summed E-state index contributed by atoms with van der Waals surface area (Å²) in [5.74, 6) is 0.797. The van der Waals surface area contributed by atoms with Crippen LogP contribution in [-0.4, -0.2) is 32.2 Å². The fourth-order valence-electron chi connectivity index (χ4n) is 0.909. The highest BCUT2D eigenvalue weighted by Crippen LogP contribution is 1.95. The standard InChI is InChI=1S/C8H14N2O3/c1-11-8(12-2)6-9-5-7-3-4-10-13-7/h3-4,8-9H,5-6H2,1-2H3. The van der Waals surface area contributed by atoms with Crippen molar-refractivity contribution in [3.63, 3.8) is 0 Å². The second kappa shape index (κ2) is 5.69. The van der Waals surface area contributed by atoms with Crippen LogP contribution in [0.1, 0.15) is 5.76 Å². The van der Waals surface area contributed by atoms with Gasteiger partial charge in [-0.25, -0.2) is 0 Å². The summed E-state index contributed by atoms with van der Waals surface area (Å²) in [6.07, 6.45) is 1.39. The summed E-state index contributed by atoms with van der Waals surface area (Å²) in [4.78, 5) is 0. The number of hydrogen-bond donors (Lipinski definition) is 1. The van der Waals surface area contributed by atoms with E-state index in [1.165, 1.54) is 0 Å². The topological polar surface area (TPSA) is 56.5 Å². The summed E-state index contributed by atoms with van der Waals surface area (Å²) >= 11 is 0. The van der Waals surface area contributed by atoms with Crippen molar-refractivity contribution in [3.05, 3.63) is 18.0 Å². The molecule has 1 N–H and O–H groups in total. The number of nitrogens with zero attached hydrogens (tertiary/aromatic N) is 1. The normalized spacial score (nSPS) is 11.0. The Labute approximate surface area is 77.0 Å². The van der Waals surface area contributed by atoms with Gasteiger partial charge >= 0.3 is 0 Å². The van der Waals surface area contributed by atoms with Crippen LogP contribution >= 0.6 is 0 Å². The van der Waals surface area contributed by atoms with E-state index in [1.54, 1.807) is 20.4 Å². The maximum absolute atomic E-state index is 4.99. The summed E-state index contributed by atoms with van der Waals surface area (Å²) < 4.78 is 14.9. The van der Waals surface area contributed by atoms with Crippen LogP contribution in [0.25, 0.3) is 0 Å². The molecule has 1 heterocycles. The Morgan fingerprint density at radius 3 is 2.85 bits per heavy atom. The SMILES string of the molecule is COC(CNCc1ccno1)OC. The summed E-state index contributed by atoms with van der Waals surface area (Å²) in [7, 11) is 3.20. The third-order valence-electron chi connectivity index (χ3n) is 1.63. The van der Waals surface area contributed by atoms with Crippen LogP contribution < -0.4 is 5.32 Å². The average Bonchev–Trinajstić information content (AvgIpc) is 2.65. The quantitative estimate of drug-likeness (QED) is 0.651. The van der Waals surface area contributed by atoms with Gasteiger partial charge in [-0.15, -0.1) is 0 Å². The van der Waals surface area contributed by atoms with Gasteiger partial charge in [0.1, 0.15) is 5.76 Å². The molecule has 0 aliphatic rings. The minimum absolute atomic E-state index is 0.220. The largest absolute Gasteiger partial charge is 0.360 e. The van der Waals surface area contributed by atoms with Gasteiger partial charge in [0.05, 0.1) is 12.7 Å². The van der Waals surface area contributed by atoms with Gasteiger partial charge in [-0.05, 0) is 0 Å². The molecule has 0 bridgehead atoms. The lowest BCUT2D eigenvalue weighted by Crippen LogP contribution is -2.29. The molecule has 5 nitrogen and oxygen atoms in total. The van der Waals surface area contributed by atoms with Crippen molar-refractivity contribution in [2.45, 2.75) is 12.8 Å². The highest BCUT2D eigenvalue weighted by atomic mass is 16.7. The number of nitrogens with one attached hydrogen (secondary N) is 1. The van der Waals surface area contributed by atoms with Crippen molar-refractivity contribution in [1.82, 2.24) is 10.5 Å². The number of methoxy groups -OCH3 is 2. The van der Waals surface area contributed by atoms with E-state index in [0.29, 0.717) is 13.1 Å². The van der Waals surface area contributed by atoms with Crippen molar-refractivity contribution in [3.8, 4) is 0 Å². The van der Waals surface area contributed by atoms with Crippen molar-refractivity contribution in [2.24, 2.45) is 0 Å². The van der Waals surface area contributed by atoms with E-state index >= 15 is 0 Å². The molecule has 0 saturated carbocycles. The van der Waals surface area contributed by atoms with Gasteiger partial charge < -0.3 is 19.3 Å². The zero-order valence-electron chi connectivity index (χ0n) is 7.82. The van der Waals surface area contributed by atoms with Crippen molar-refractivity contribution in [1.29, 1.82) is 0 Å². The lowest BCUT2D eigenvalue weighted by atomic mass is 10.4. The molecular formula is C8H14N2O3. The van der Waals surface area contributed by atoms with Gasteiger partial charge in [0, 0.05) is 26.8 Å². The molecule has 0 amide bonds. The molecular weight excluding hydrogens is 172 g/mol. The van der Waals surface area contributed by atoms with Crippen LogP contribution in [0.2, 0.25) is 0 Å². The third-order valence-corrected chi connectivity index (χ3v) is 1.63. The monoisotopic (exact) mass is 186 g/mol. The van der Waals surface area contributed by atoms with E-state index in [-0.39, 0.29) is 6.29 Å². The maximum atomic E-state index is 4.99. The summed E-state index contributed by atoms with van der Waals surface area (Å²) in [5, 5.41) is 6.69. The van der Waals surface area contributed by atoms with E-state index < -0.39 is 0 Å². The smallest absolute Gasteiger partial charge is 0.169 e. The van der Waals surface area contributed by atoms with E-state index in [2.05, 4.69) is 10.5 Å². The molecule has 0 aliphatic heterocycles. The highest BCUT2D eigenvalue weighted by molar-refractivity contribution is 4.91. The van der Waals surface area contributed by atoms with Crippen LogP contribution in [0.4, 0.5) is 0 Å². The Balaban J connectivity index is 2.13. The van der Waals surface area contributed by atoms with Gasteiger partial charge in [0.2, 0.25) is 0 Å². The molecule has 0 aromatic carbocycles. The van der Waals surface area contributed by atoms with E-state index in [9.17, 15) is 0 Å². The van der Waals surface area contributed by atoms with Crippen molar-refractivity contribution >= 4 is 0 Å². The fraction of sp³-hybridized carbons (Fsp3) is 0.625. The first kappa shape index (κ1) is 10.2. The van der Waals surface area contributed by atoms with Crippen LogP contribution in [0.15, 0.2) is 16.8 Å². The van der Waals surface area contributed by atoms with Gasteiger partial charge in [0.15, 0.2) is 6.29 Å². The van der Waals surface area contributed by atoms with E-state index in [0.717, 1.165) is 5.76 Å². The Morgan fingerprint density at radius 2 is 2.31 bits per heavy atom. The van der Waals surface area contributed by atoms with E-state index in [4.69, 9.17) is 14.0 Å². The van der Waals surface area contributed by atoms with Crippen LogP contribution in [0.5, 0.6) is 0 Å². The van der Waals surface area contributed by atoms with Crippen LogP contribution in [0, 0.1) is 0 Å². The number of rotatable bonds is 6. The molecule has 74 valence electrons. The highest BCUT2D eigenvalue weighted by Gasteiger charge is 2.04. The Bertz CT molecular complexity index is 209. The Kier molecular flexibility index (Phi) is 4.45. The van der Waals surface area contributed by atoms with Gasteiger partial charge in [-0.1, -0.05) is 5.16 Å². The average molecular weight is 186 g/mol. The van der Waals surface area contributed by atoms with Gasteiger partial charge in [-0.2, -0.15) is 0 Å². The molecule has 0 saturated heterocycles. The summed E-state index contributed by atoms with van der Waals surface area (Å²) in [6.45, 7) is 1.25. The first-order valence-corrected chi connectivity index (χ1v) is 4.02. The molecule has 0 spiro atoms. The zero-order valence-corrected chi connectivity index (χ0v) is 7.82. The number of aromatic nitrogens is 1. The molecule has 0 unspecified atom stereocenters. The summed E-state index contributed by atoms with van der Waals surface area (Å²) in [6, 6.07) is 1.81. The molecule has 5 heteroatoms. The molecule has 0 fully saturated rings. The van der Waals surface area contributed by atoms with Gasteiger partial charge in [0.25, 0.3) is 0 Å². The zero-order chi connectivity index (χ0) is 9.52. The molecule has 1 rings (SSSR count). The molecule has 1 aromatic rings. The second-order valence-electron chi connectivity index (χ2n) is 2.51. The van der Waals surface area contributed by atoms with E-state index in [1.807, 2.05) is 6.07 Å². The maximum Gasteiger partial charge on any atom is 0.169 e. The van der Waals surface area contributed by atoms with Crippen molar-refractivity contribution < 1.29 is 14.0 Å². The van der Waals surface area contributed by atoms with Crippen molar-refractivity contribution in [2.75, 3.05) is 20.8 Å². The van der Waals surface area contributed by atoms with Crippen LogP contribution in [0.3, 0.4) is 0 Å². The number of hydrogen-bond acceptors (Lipinski definition) is 5. The summed E-state index contributed by atoms with van der Waals surface area (Å²) in [5.41, 5.74) is 0. The minimum Gasteiger partial charge on any atom is -0.360 e. The molecule has 0 atom stereocenters. The first-order chi connectivity index (χ1) is 6.36. The first-order valence-electron chi connectivity index (χ1n) is 4.02. The lowest BCUT2D eigenvalue weighted by molar-refractivity contribution is -0.0990. The predicted molar refractivity (Wildman–Crippen MR) is 46.0 cm³/mol. The Morgan fingerprint density at radius 1 is 1.54 bits per heavy atom. The number of ether oxygens (including phenoxy) is 2. The minimum atomic E-state index is -0.220. The molecule has 0 aliphatic carbocycles. The Hall–Kier alpha value is -0.910. The van der Waals surface area contributed by atoms with Crippen LogP contribution in [-0.2, 0) is 16.0 Å². The predicted octanol–water partition coefficient (Wildman–Crippen LogP) is 0.383. The molecule has 1 aromatic heterocycles. The molecule has 0 radical (unpaired) electrons. The van der Waals surface area contributed by atoms with Gasteiger partial charge in [-0.3, -0.25) is 0 Å². The molecule has 13 heavy (non-hydrogen) atoms. The third kappa shape index (κ3) is 3.54.